The zero-order chi connectivity index (χ0) is 13.7. The number of aryl methyl sites for hydroxylation is 1. The van der Waals surface area contributed by atoms with Gasteiger partial charge in [0.25, 0.3) is 0 Å². The molecule has 0 amide bonds. The summed E-state index contributed by atoms with van der Waals surface area (Å²) in [4.78, 5) is 11.6. The van der Waals surface area contributed by atoms with Crippen LogP contribution >= 0.6 is 0 Å². The highest BCUT2D eigenvalue weighted by Crippen LogP contribution is 2.18. The normalized spacial score (nSPS) is 12.7. The van der Waals surface area contributed by atoms with Crippen molar-refractivity contribution in [1.29, 1.82) is 0 Å². The van der Waals surface area contributed by atoms with Crippen LogP contribution in [-0.4, -0.2) is 21.0 Å². The minimum Gasteiger partial charge on any atom is -0.478 e. The summed E-state index contributed by atoms with van der Waals surface area (Å²) in [6, 6.07) is 5.03. The Morgan fingerprint density at radius 3 is 2.44 bits per heavy atom. The smallest absolute Gasteiger partial charge is 0.335 e. The van der Waals surface area contributed by atoms with Crippen LogP contribution in [0.15, 0.2) is 23.1 Å². The molecule has 0 heterocycles. The molecule has 0 saturated carbocycles. The molecule has 0 aliphatic rings. The molecule has 0 aliphatic carbocycles. The Hall–Kier alpha value is -1.16. The molecule has 0 aromatic heterocycles. The maximum atomic E-state index is 12.2. The van der Waals surface area contributed by atoms with E-state index in [9.17, 15) is 9.00 Å². The van der Waals surface area contributed by atoms with E-state index in [1.807, 2.05) is 0 Å². The Balaban J connectivity index is 2.93. The van der Waals surface area contributed by atoms with Gasteiger partial charge in [-0.2, -0.15) is 0 Å². The van der Waals surface area contributed by atoms with Crippen molar-refractivity contribution in [3.8, 4) is 0 Å². The topological polar surface area (TPSA) is 54.4 Å². The van der Waals surface area contributed by atoms with Gasteiger partial charge in [0.15, 0.2) is 0 Å². The molecule has 0 fully saturated rings. The standard InChI is InChI=1S/C14H20O3S/c1-4-11(5-2)9-18(17)12-7-6-10(3)13(8-12)14(15)16/h6-8,11H,4-5,9H2,1-3H3,(H,15,16). The Morgan fingerprint density at radius 2 is 1.94 bits per heavy atom. The first-order valence-corrected chi connectivity index (χ1v) is 7.53. The zero-order valence-electron chi connectivity index (χ0n) is 11.1. The molecule has 1 rings (SSSR count). The van der Waals surface area contributed by atoms with Crippen molar-refractivity contribution in [3.05, 3.63) is 29.3 Å². The van der Waals surface area contributed by atoms with Gasteiger partial charge >= 0.3 is 5.97 Å². The van der Waals surface area contributed by atoms with Crippen LogP contribution in [0.1, 0.15) is 42.6 Å². The summed E-state index contributed by atoms with van der Waals surface area (Å²) in [5.74, 6) is 0.0732. The van der Waals surface area contributed by atoms with E-state index in [1.54, 1.807) is 19.1 Å². The maximum Gasteiger partial charge on any atom is 0.335 e. The van der Waals surface area contributed by atoms with Gasteiger partial charge in [-0.05, 0) is 30.5 Å². The highest BCUT2D eigenvalue weighted by molar-refractivity contribution is 7.85. The summed E-state index contributed by atoms with van der Waals surface area (Å²) in [6.45, 7) is 5.92. The highest BCUT2D eigenvalue weighted by Gasteiger charge is 2.14. The van der Waals surface area contributed by atoms with E-state index in [2.05, 4.69) is 13.8 Å². The largest absolute Gasteiger partial charge is 0.478 e. The van der Waals surface area contributed by atoms with Gasteiger partial charge in [0.05, 0.1) is 16.4 Å². The van der Waals surface area contributed by atoms with E-state index in [0.29, 0.717) is 22.1 Å². The van der Waals surface area contributed by atoms with Crippen LogP contribution < -0.4 is 0 Å². The monoisotopic (exact) mass is 268 g/mol. The molecular weight excluding hydrogens is 248 g/mol. The average molecular weight is 268 g/mol. The van der Waals surface area contributed by atoms with Crippen LogP contribution in [0.2, 0.25) is 0 Å². The molecule has 18 heavy (non-hydrogen) atoms. The summed E-state index contributed by atoms with van der Waals surface area (Å²) >= 11 is 0. The Morgan fingerprint density at radius 1 is 1.33 bits per heavy atom. The third kappa shape index (κ3) is 3.67. The molecule has 1 atom stereocenters. The summed E-state index contributed by atoms with van der Waals surface area (Å²) in [6.07, 6.45) is 2.00. The second-order valence-electron chi connectivity index (χ2n) is 4.48. The molecule has 0 aliphatic heterocycles. The first-order valence-electron chi connectivity index (χ1n) is 6.21. The fourth-order valence-corrected chi connectivity index (χ4v) is 3.37. The van der Waals surface area contributed by atoms with Gasteiger partial charge < -0.3 is 5.11 Å². The summed E-state index contributed by atoms with van der Waals surface area (Å²) < 4.78 is 12.2. The molecule has 0 saturated heterocycles. The third-order valence-corrected chi connectivity index (χ3v) is 4.80. The van der Waals surface area contributed by atoms with Crippen LogP contribution in [0.25, 0.3) is 0 Å². The van der Waals surface area contributed by atoms with Crippen molar-refractivity contribution < 1.29 is 14.1 Å². The Kier molecular flexibility index (Phi) is 5.54. The van der Waals surface area contributed by atoms with E-state index in [-0.39, 0.29) is 5.56 Å². The van der Waals surface area contributed by atoms with E-state index >= 15 is 0 Å². The van der Waals surface area contributed by atoms with Gasteiger partial charge in [-0.3, -0.25) is 4.21 Å². The number of rotatable bonds is 6. The quantitative estimate of drug-likeness (QED) is 0.861. The van der Waals surface area contributed by atoms with Crippen LogP contribution in [-0.2, 0) is 10.8 Å². The molecular formula is C14H20O3S. The number of aromatic carboxylic acids is 1. The van der Waals surface area contributed by atoms with Crippen LogP contribution in [0.4, 0.5) is 0 Å². The molecule has 1 aromatic carbocycles. The second kappa shape index (κ2) is 6.69. The van der Waals surface area contributed by atoms with Crippen LogP contribution in [0.5, 0.6) is 0 Å². The minimum absolute atomic E-state index is 0.241. The van der Waals surface area contributed by atoms with Crippen LogP contribution in [0, 0.1) is 12.8 Å². The van der Waals surface area contributed by atoms with Crippen molar-refractivity contribution >= 4 is 16.8 Å². The molecule has 0 radical (unpaired) electrons. The molecule has 1 aromatic rings. The van der Waals surface area contributed by atoms with Gasteiger partial charge in [0.2, 0.25) is 0 Å². The number of carbonyl (C=O) groups is 1. The van der Waals surface area contributed by atoms with Crippen LogP contribution in [0.3, 0.4) is 0 Å². The average Bonchev–Trinajstić information content (AvgIpc) is 2.35. The maximum absolute atomic E-state index is 12.2. The minimum atomic E-state index is -1.11. The molecule has 0 bridgehead atoms. The first-order chi connectivity index (χ1) is 8.49. The highest BCUT2D eigenvalue weighted by atomic mass is 32.2. The van der Waals surface area contributed by atoms with Gasteiger partial charge in [-0.1, -0.05) is 32.8 Å². The summed E-state index contributed by atoms with van der Waals surface area (Å²) in [7, 11) is -1.11. The van der Waals surface area contributed by atoms with Gasteiger partial charge in [-0.25, -0.2) is 4.79 Å². The van der Waals surface area contributed by atoms with E-state index in [4.69, 9.17) is 5.11 Å². The number of benzene rings is 1. The van der Waals surface area contributed by atoms with Crippen molar-refractivity contribution in [2.24, 2.45) is 5.92 Å². The lowest BCUT2D eigenvalue weighted by atomic mass is 10.1. The lowest BCUT2D eigenvalue weighted by molar-refractivity contribution is 0.0696. The molecule has 4 heteroatoms. The SMILES string of the molecule is CCC(CC)CS(=O)c1ccc(C)c(C(=O)O)c1. The summed E-state index contributed by atoms with van der Waals surface area (Å²) in [5, 5.41) is 9.05. The molecule has 3 nitrogen and oxygen atoms in total. The van der Waals surface area contributed by atoms with E-state index in [0.717, 1.165) is 12.8 Å². The Labute approximate surface area is 111 Å². The lowest BCUT2D eigenvalue weighted by Crippen LogP contribution is -2.10. The van der Waals surface area contributed by atoms with Crippen molar-refractivity contribution in [2.45, 2.75) is 38.5 Å². The fraction of sp³-hybridized carbons (Fsp3) is 0.500. The number of carboxylic acid groups (broad SMARTS) is 1. The lowest BCUT2D eigenvalue weighted by Gasteiger charge is -2.12. The Bertz CT molecular complexity index is 450. The van der Waals surface area contributed by atoms with Gasteiger partial charge in [0.1, 0.15) is 0 Å². The molecule has 0 spiro atoms. The zero-order valence-corrected chi connectivity index (χ0v) is 11.9. The molecule has 1 N–H and O–H groups in total. The number of hydrogen-bond donors (Lipinski definition) is 1. The first kappa shape index (κ1) is 14.9. The van der Waals surface area contributed by atoms with Crippen molar-refractivity contribution in [2.75, 3.05) is 5.75 Å². The molecule has 100 valence electrons. The van der Waals surface area contributed by atoms with E-state index < -0.39 is 16.8 Å². The number of hydrogen-bond acceptors (Lipinski definition) is 2. The second-order valence-corrected chi connectivity index (χ2v) is 5.97. The van der Waals surface area contributed by atoms with Crippen molar-refractivity contribution in [1.82, 2.24) is 0 Å². The fourth-order valence-electron chi connectivity index (χ4n) is 1.81. The summed E-state index contributed by atoms with van der Waals surface area (Å²) in [5.41, 5.74) is 0.941. The predicted octanol–water partition coefficient (Wildman–Crippen LogP) is 3.24. The third-order valence-electron chi connectivity index (χ3n) is 3.24. The predicted molar refractivity (Wildman–Crippen MR) is 73.5 cm³/mol. The van der Waals surface area contributed by atoms with Gasteiger partial charge in [-0.15, -0.1) is 0 Å². The number of carboxylic acids is 1. The van der Waals surface area contributed by atoms with Gasteiger partial charge in [0, 0.05) is 10.6 Å². The molecule has 1 unspecified atom stereocenters. The van der Waals surface area contributed by atoms with Crippen molar-refractivity contribution in [3.63, 3.8) is 0 Å². The van der Waals surface area contributed by atoms with E-state index in [1.165, 1.54) is 6.07 Å².